The average molecular weight is 390 g/mol. The fourth-order valence-electron chi connectivity index (χ4n) is 2.03. The Morgan fingerprint density at radius 1 is 1.00 bits per heavy atom. The van der Waals surface area contributed by atoms with Crippen LogP contribution in [0.1, 0.15) is 5.56 Å². The van der Waals surface area contributed by atoms with Crippen LogP contribution in [0.3, 0.4) is 0 Å². The summed E-state index contributed by atoms with van der Waals surface area (Å²) in [6.45, 7) is 0.602. The van der Waals surface area contributed by atoms with E-state index in [2.05, 4.69) is 36.5 Å². The van der Waals surface area contributed by atoms with E-state index in [9.17, 15) is 0 Å². The molecule has 0 aliphatic carbocycles. The SMILES string of the molecule is Clc1ccccc1CNc1ccnc(Nc2ccccc2Br)n1. The molecule has 0 aliphatic rings. The third kappa shape index (κ3) is 4.21. The standard InChI is InChI=1S/C17H14BrClN4/c18-13-6-2-4-8-15(13)22-17-20-10-9-16(23-17)21-11-12-5-1-3-7-14(12)19/h1-10H,11H2,(H2,20,21,22,23). The summed E-state index contributed by atoms with van der Waals surface area (Å²) >= 11 is 9.65. The van der Waals surface area contributed by atoms with Gasteiger partial charge in [0.25, 0.3) is 0 Å². The van der Waals surface area contributed by atoms with Gasteiger partial charge in [-0.25, -0.2) is 4.98 Å². The highest BCUT2D eigenvalue weighted by atomic mass is 79.9. The summed E-state index contributed by atoms with van der Waals surface area (Å²) in [6.07, 6.45) is 1.71. The van der Waals surface area contributed by atoms with Gasteiger partial charge in [0, 0.05) is 22.2 Å². The van der Waals surface area contributed by atoms with E-state index in [0.29, 0.717) is 12.5 Å². The molecule has 116 valence electrons. The first-order valence-corrected chi connectivity index (χ1v) is 8.21. The van der Waals surface area contributed by atoms with E-state index in [0.717, 1.165) is 26.6 Å². The molecule has 0 bridgehead atoms. The molecule has 2 aromatic carbocycles. The van der Waals surface area contributed by atoms with Gasteiger partial charge >= 0.3 is 0 Å². The highest BCUT2D eigenvalue weighted by molar-refractivity contribution is 9.10. The lowest BCUT2D eigenvalue weighted by Crippen LogP contribution is -2.04. The topological polar surface area (TPSA) is 49.8 Å². The monoisotopic (exact) mass is 388 g/mol. The van der Waals surface area contributed by atoms with Crippen molar-refractivity contribution in [2.45, 2.75) is 6.54 Å². The summed E-state index contributed by atoms with van der Waals surface area (Å²) in [5.74, 6) is 1.26. The lowest BCUT2D eigenvalue weighted by molar-refractivity contribution is 1.08. The van der Waals surface area contributed by atoms with Crippen molar-refractivity contribution in [1.82, 2.24) is 9.97 Å². The average Bonchev–Trinajstić information content (AvgIpc) is 2.57. The summed E-state index contributed by atoms with van der Waals surface area (Å²) < 4.78 is 0.957. The maximum absolute atomic E-state index is 6.16. The maximum Gasteiger partial charge on any atom is 0.229 e. The molecule has 1 heterocycles. The second-order valence-electron chi connectivity index (χ2n) is 4.82. The summed E-state index contributed by atoms with van der Waals surface area (Å²) in [5, 5.41) is 7.18. The van der Waals surface area contributed by atoms with Gasteiger partial charge in [0.05, 0.1) is 5.69 Å². The van der Waals surface area contributed by atoms with Crippen molar-refractivity contribution in [3.63, 3.8) is 0 Å². The van der Waals surface area contributed by atoms with E-state index < -0.39 is 0 Å². The van der Waals surface area contributed by atoms with Crippen molar-refractivity contribution < 1.29 is 0 Å². The Labute approximate surface area is 148 Å². The number of hydrogen-bond donors (Lipinski definition) is 2. The third-order valence-corrected chi connectivity index (χ3v) is 4.25. The molecule has 0 saturated heterocycles. The Bertz CT molecular complexity index is 810. The second kappa shape index (κ2) is 7.44. The van der Waals surface area contributed by atoms with Crippen LogP contribution in [0.15, 0.2) is 65.3 Å². The van der Waals surface area contributed by atoms with E-state index in [1.54, 1.807) is 6.20 Å². The van der Waals surface area contributed by atoms with Crippen molar-refractivity contribution in [2.75, 3.05) is 10.6 Å². The molecular formula is C17H14BrClN4. The highest BCUT2D eigenvalue weighted by Crippen LogP contribution is 2.24. The van der Waals surface area contributed by atoms with Gasteiger partial charge in [0.2, 0.25) is 5.95 Å². The summed E-state index contributed by atoms with van der Waals surface area (Å²) in [4.78, 5) is 8.70. The fourth-order valence-corrected chi connectivity index (χ4v) is 2.61. The van der Waals surface area contributed by atoms with E-state index in [-0.39, 0.29) is 0 Å². The molecule has 3 aromatic rings. The Kier molecular flexibility index (Phi) is 5.10. The van der Waals surface area contributed by atoms with Gasteiger partial charge in [-0.2, -0.15) is 4.98 Å². The number of anilines is 3. The van der Waals surface area contributed by atoms with Crippen LogP contribution in [-0.4, -0.2) is 9.97 Å². The first-order valence-electron chi connectivity index (χ1n) is 7.04. The first-order chi connectivity index (χ1) is 11.2. The van der Waals surface area contributed by atoms with E-state index in [1.807, 2.05) is 54.6 Å². The van der Waals surface area contributed by atoms with Gasteiger partial charge in [-0.3, -0.25) is 0 Å². The molecular weight excluding hydrogens is 376 g/mol. The molecule has 6 heteroatoms. The molecule has 4 nitrogen and oxygen atoms in total. The minimum absolute atomic E-state index is 0.529. The zero-order chi connectivity index (χ0) is 16.1. The second-order valence-corrected chi connectivity index (χ2v) is 6.08. The number of benzene rings is 2. The van der Waals surface area contributed by atoms with Crippen LogP contribution in [0.25, 0.3) is 0 Å². The van der Waals surface area contributed by atoms with Crippen LogP contribution < -0.4 is 10.6 Å². The van der Waals surface area contributed by atoms with Crippen molar-refractivity contribution in [3.05, 3.63) is 75.9 Å². The molecule has 0 amide bonds. The van der Waals surface area contributed by atoms with E-state index in [4.69, 9.17) is 11.6 Å². The van der Waals surface area contributed by atoms with Crippen molar-refractivity contribution in [1.29, 1.82) is 0 Å². The minimum Gasteiger partial charge on any atom is -0.366 e. The first kappa shape index (κ1) is 15.8. The smallest absolute Gasteiger partial charge is 0.229 e. The number of halogens is 2. The van der Waals surface area contributed by atoms with Gasteiger partial charge < -0.3 is 10.6 Å². The lowest BCUT2D eigenvalue weighted by atomic mass is 10.2. The molecule has 0 atom stereocenters. The fraction of sp³-hybridized carbons (Fsp3) is 0.0588. The predicted octanol–water partition coefficient (Wildman–Crippen LogP) is 5.25. The van der Waals surface area contributed by atoms with Crippen LogP contribution in [0, 0.1) is 0 Å². The molecule has 2 N–H and O–H groups in total. The van der Waals surface area contributed by atoms with Crippen LogP contribution in [0.4, 0.5) is 17.5 Å². The van der Waals surface area contributed by atoms with Gasteiger partial charge in [0.1, 0.15) is 5.82 Å². The predicted molar refractivity (Wildman–Crippen MR) is 98.2 cm³/mol. The largest absolute Gasteiger partial charge is 0.366 e. The minimum atomic E-state index is 0.529. The van der Waals surface area contributed by atoms with Gasteiger partial charge in [0.15, 0.2) is 0 Å². The quantitative estimate of drug-likeness (QED) is 0.626. The third-order valence-electron chi connectivity index (χ3n) is 3.19. The van der Waals surface area contributed by atoms with Crippen molar-refractivity contribution in [2.24, 2.45) is 0 Å². The number of rotatable bonds is 5. The number of nitrogens with one attached hydrogen (secondary N) is 2. The van der Waals surface area contributed by atoms with Crippen LogP contribution in [-0.2, 0) is 6.54 Å². The Balaban J connectivity index is 1.70. The zero-order valence-corrected chi connectivity index (χ0v) is 14.5. The summed E-state index contributed by atoms with van der Waals surface area (Å²) in [7, 11) is 0. The molecule has 3 rings (SSSR count). The van der Waals surface area contributed by atoms with Crippen LogP contribution in [0.5, 0.6) is 0 Å². The van der Waals surface area contributed by atoms with E-state index in [1.165, 1.54) is 0 Å². The molecule has 23 heavy (non-hydrogen) atoms. The Hall–Kier alpha value is -2.11. The van der Waals surface area contributed by atoms with Crippen molar-refractivity contribution in [3.8, 4) is 0 Å². The molecule has 1 aromatic heterocycles. The van der Waals surface area contributed by atoms with E-state index >= 15 is 0 Å². The number of aromatic nitrogens is 2. The number of para-hydroxylation sites is 1. The Morgan fingerprint density at radius 3 is 2.61 bits per heavy atom. The number of nitrogens with zero attached hydrogens (tertiary/aromatic N) is 2. The molecule has 0 fully saturated rings. The number of hydrogen-bond acceptors (Lipinski definition) is 4. The lowest BCUT2D eigenvalue weighted by Gasteiger charge is -2.10. The molecule has 0 spiro atoms. The molecule has 0 radical (unpaired) electrons. The Morgan fingerprint density at radius 2 is 1.78 bits per heavy atom. The summed E-state index contributed by atoms with van der Waals surface area (Å²) in [6, 6.07) is 17.4. The van der Waals surface area contributed by atoms with Crippen LogP contribution in [0.2, 0.25) is 5.02 Å². The highest BCUT2D eigenvalue weighted by Gasteiger charge is 2.04. The van der Waals surface area contributed by atoms with Gasteiger partial charge in [-0.15, -0.1) is 0 Å². The van der Waals surface area contributed by atoms with Gasteiger partial charge in [-0.1, -0.05) is 41.9 Å². The zero-order valence-electron chi connectivity index (χ0n) is 12.1. The molecule has 0 saturated carbocycles. The van der Waals surface area contributed by atoms with Crippen molar-refractivity contribution >= 4 is 45.0 Å². The maximum atomic E-state index is 6.16. The van der Waals surface area contributed by atoms with Crippen LogP contribution >= 0.6 is 27.5 Å². The molecule has 0 unspecified atom stereocenters. The van der Waals surface area contributed by atoms with Gasteiger partial charge in [-0.05, 0) is 45.8 Å². The summed E-state index contributed by atoms with van der Waals surface area (Å²) in [5.41, 5.74) is 1.93. The molecule has 0 aliphatic heterocycles. The normalized spacial score (nSPS) is 10.3.